The van der Waals surface area contributed by atoms with Crippen LogP contribution in [0.15, 0.2) is 23.8 Å². The molecule has 0 aliphatic carbocycles. The summed E-state index contributed by atoms with van der Waals surface area (Å²) in [5.74, 6) is 0. The standard InChI is InChI=1S/C10H18/c1-5-10(4)8-6-7-9(2)3/h7H,4-6,8H2,1-3H3. The molecule has 0 bridgehead atoms. The maximum absolute atomic E-state index is 3.94. The Morgan fingerprint density at radius 3 is 2.40 bits per heavy atom. The monoisotopic (exact) mass is 138 g/mol. The van der Waals surface area contributed by atoms with Crippen LogP contribution in [0.4, 0.5) is 0 Å². The van der Waals surface area contributed by atoms with E-state index in [-0.39, 0.29) is 0 Å². The van der Waals surface area contributed by atoms with Crippen molar-refractivity contribution in [3.05, 3.63) is 23.8 Å². The molecule has 0 spiro atoms. The molecule has 10 heavy (non-hydrogen) atoms. The first kappa shape index (κ1) is 9.48. The molecule has 0 amide bonds. The zero-order valence-electron chi connectivity index (χ0n) is 7.41. The van der Waals surface area contributed by atoms with Gasteiger partial charge in [-0.3, -0.25) is 0 Å². The van der Waals surface area contributed by atoms with E-state index in [1.54, 1.807) is 0 Å². The highest BCUT2D eigenvalue weighted by molar-refractivity contribution is 4.99. The van der Waals surface area contributed by atoms with Gasteiger partial charge in [0, 0.05) is 0 Å². The van der Waals surface area contributed by atoms with Crippen molar-refractivity contribution in [3.8, 4) is 0 Å². The Kier molecular flexibility index (Phi) is 5.00. The summed E-state index contributed by atoms with van der Waals surface area (Å²) in [5, 5.41) is 0. The van der Waals surface area contributed by atoms with E-state index in [9.17, 15) is 0 Å². The predicted octanol–water partition coefficient (Wildman–Crippen LogP) is 3.70. The van der Waals surface area contributed by atoms with Crippen molar-refractivity contribution in [1.82, 2.24) is 0 Å². The van der Waals surface area contributed by atoms with Crippen LogP contribution >= 0.6 is 0 Å². The predicted molar refractivity (Wildman–Crippen MR) is 48.1 cm³/mol. The van der Waals surface area contributed by atoms with Crippen LogP contribution in [0.5, 0.6) is 0 Å². The normalized spacial score (nSPS) is 9.10. The molecular formula is C10H18. The van der Waals surface area contributed by atoms with Gasteiger partial charge in [-0.25, -0.2) is 0 Å². The number of allylic oxidation sites excluding steroid dienone is 3. The second-order valence-corrected chi connectivity index (χ2v) is 2.92. The van der Waals surface area contributed by atoms with Crippen molar-refractivity contribution in [2.24, 2.45) is 0 Å². The summed E-state index contributed by atoms with van der Waals surface area (Å²) in [6.45, 7) is 10.4. The minimum absolute atomic E-state index is 1.12. The highest BCUT2D eigenvalue weighted by Crippen LogP contribution is 2.07. The molecule has 0 nitrogen and oxygen atoms in total. The molecule has 0 atom stereocenters. The summed E-state index contributed by atoms with van der Waals surface area (Å²) in [6, 6.07) is 0. The van der Waals surface area contributed by atoms with E-state index < -0.39 is 0 Å². The minimum Gasteiger partial charge on any atom is -0.0999 e. The second kappa shape index (κ2) is 5.28. The van der Waals surface area contributed by atoms with Crippen LogP contribution < -0.4 is 0 Å². The lowest BCUT2D eigenvalue weighted by Gasteiger charge is -1.97. The second-order valence-electron chi connectivity index (χ2n) is 2.92. The van der Waals surface area contributed by atoms with E-state index in [0.717, 1.165) is 19.3 Å². The molecule has 0 aliphatic heterocycles. The lowest BCUT2D eigenvalue weighted by Crippen LogP contribution is -1.77. The SMILES string of the molecule is C=C(CC)CCC=C(C)C. The van der Waals surface area contributed by atoms with E-state index in [0.29, 0.717) is 0 Å². The molecule has 0 aromatic rings. The van der Waals surface area contributed by atoms with Gasteiger partial charge in [0.1, 0.15) is 0 Å². The van der Waals surface area contributed by atoms with Gasteiger partial charge in [-0.05, 0) is 33.1 Å². The molecule has 0 heterocycles. The highest BCUT2D eigenvalue weighted by Gasteiger charge is 1.87. The first-order chi connectivity index (χ1) is 4.66. The molecule has 0 aromatic carbocycles. The third-order valence-corrected chi connectivity index (χ3v) is 1.55. The van der Waals surface area contributed by atoms with Crippen LogP contribution in [0.2, 0.25) is 0 Å². The minimum atomic E-state index is 1.12. The Morgan fingerprint density at radius 2 is 2.00 bits per heavy atom. The first-order valence-corrected chi connectivity index (χ1v) is 3.96. The summed E-state index contributed by atoms with van der Waals surface area (Å²) >= 11 is 0. The van der Waals surface area contributed by atoms with Crippen LogP contribution in [0.25, 0.3) is 0 Å². The van der Waals surface area contributed by atoms with E-state index >= 15 is 0 Å². The molecule has 0 aromatic heterocycles. The van der Waals surface area contributed by atoms with E-state index in [4.69, 9.17) is 0 Å². The zero-order valence-corrected chi connectivity index (χ0v) is 7.41. The van der Waals surface area contributed by atoms with Gasteiger partial charge in [0.25, 0.3) is 0 Å². The van der Waals surface area contributed by atoms with Crippen molar-refractivity contribution < 1.29 is 0 Å². The Hall–Kier alpha value is -0.520. The summed E-state index contributed by atoms with van der Waals surface area (Å²) in [4.78, 5) is 0. The molecule has 0 aliphatic rings. The molecule has 0 unspecified atom stereocenters. The summed E-state index contributed by atoms with van der Waals surface area (Å²) < 4.78 is 0. The molecular weight excluding hydrogens is 120 g/mol. The van der Waals surface area contributed by atoms with Crippen LogP contribution in [0, 0.1) is 0 Å². The van der Waals surface area contributed by atoms with Crippen LogP contribution in [0.1, 0.15) is 40.0 Å². The third kappa shape index (κ3) is 5.61. The number of hydrogen-bond donors (Lipinski definition) is 0. The fourth-order valence-corrected chi connectivity index (χ4v) is 0.742. The topological polar surface area (TPSA) is 0 Å². The van der Waals surface area contributed by atoms with Crippen LogP contribution in [-0.4, -0.2) is 0 Å². The fourth-order valence-electron chi connectivity index (χ4n) is 0.742. The molecule has 0 fully saturated rings. The lowest BCUT2D eigenvalue weighted by atomic mass is 10.1. The Bertz CT molecular complexity index is 125. The molecule has 0 N–H and O–H groups in total. The van der Waals surface area contributed by atoms with Gasteiger partial charge >= 0.3 is 0 Å². The lowest BCUT2D eigenvalue weighted by molar-refractivity contribution is 0.909. The zero-order chi connectivity index (χ0) is 7.98. The molecule has 0 saturated heterocycles. The Labute approximate surface area is 64.6 Å². The van der Waals surface area contributed by atoms with E-state index in [1.165, 1.54) is 11.1 Å². The molecule has 0 saturated carbocycles. The quantitative estimate of drug-likeness (QED) is 0.520. The summed E-state index contributed by atoms with van der Waals surface area (Å²) in [6.07, 6.45) is 5.70. The van der Waals surface area contributed by atoms with Gasteiger partial charge in [0.2, 0.25) is 0 Å². The molecule has 0 heteroatoms. The van der Waals surface area contributed by atoms with Crippen molar-refractivity contribution in [3.63, 3.8) is 0 Å². The van der Waals surface area contributed by atoms with Crippen molar-refractivity contribution in [2.45, 2.75) is 40.0 Å². The van der Waals surface area contributed by atoms with Gasteiger partial charge < -0.3 is 0 Å². The van der Waals surface area contributed by atoms with E-state index in [1.807, 2.05) is 0 Å². The fraction of sp³-hybridized carbons (Fsp3) is 0.600. The summed E-state index contributed by atoms with van der Waals surface area (Å²) in [5.41, 5.74) is 2.77. The number of hydrogen-bond acceptors (Lipinski definition) is 0. The van der Waals surface area contributed by atoms with Crippen molar-refractivity contribution in [2.75, 3.05) is 0 Å². The smallest absolute Gasteiger partial charge is 0.0288 e. The summed E-state index contributed by atoms with van der Waals surface area (Å²) in [7, 11) is 0. The maximum Gasteiger partial charge on any atom is -0.0288 e. The molecule has 0 radical (unpaired) electrons. The average molecular weight is 138 g/mol. The van der Waals surface area contributed by atoms with Gasteiger partial charge in [-0.2, -0.15) is 0 Å². The highest BCUT2D eigenvalue weighted by atomic mass is 13.9. The van der Waals surface area contributed by atoms with Gasteiger partial charge in [0.05, 0.1) is 0 Å². The van der Waals surface area contributed by atoms with Gasteiger partial charge in [-0.1, -0.05) is 30.7 Å². The first-order valence-electron chi connectivity index (χ1n) is 3.96. The van der Waals surface area contributed by atoms with Crippen molar-refractivity contribution in [1.29, 1.82) is 0 Å². The molecule has 0 rings (SSSR count). The van der Waals surface area contributed by atoms with E-state index in [2.05, 4.69) is 33.4 Å². The van der Waals surface area contributed by atoms with Gasteiger partial charge in [-0.15, -0.1) is 0 Å². The largest absolute Gasteiger partial charge is 0.0999 e. The van der Waals surface area contributed by atoms with Crippen LogP contribution in [-0.2, 0) is 0 Å². The maximum atomic E-state index is 3.94. The van der Waals surface area contributed by atoms with Gasteiger partial charge in [0.15, 0.2) is 0 Å². The average Bonchev–Trinajstić information content (AvgIpc) is 1.87. The van der Waals surface area contributed by atoms with Crippen molar-refractivity contribution >= 4 is 0 Å². The molecule has 58 valence electrons. The Balaban J connectivity index is 3.37. The van der Waals surface area contributed by atoms with Crippen LogP contribution in [0.3, 0.4) is 0 Å². The Morgan fingerprint density at radius 1 is 1.40 bits per heavy atom. The third-order valence-electron chi connectivity index (χ3n) is 1.55. The number of rotatable bonds is 4.